The van der Waals surface area contributed by atoms with Crippen LogP contribution in [0.1, 0.15) is 29.8 Å². The molecule has 0 aromatic heterocycles. The SMILES string of the molecule is C/C=C(/C)C(=O)OC(=O)c1c(C)cc(Cl)cc1Cl. The van der Waals surface area contributed by atoms with E-state index in [1.165, 1.54) is 6.07 Å². The van der Waals surface area contributed by atoms with Gasteiger partial charge in [-0.1, -0.05) is 29.3 Å². The van der Waals surface area contributed by atoms with Crippen molar-refractivity contribution < 1.29 is 14.3 Å². The van der Waals surface area contributed by atoms with Crippen LogP contribution in [0.15, 0.2) is 23.8 Å². The Balaban J connectivity index is 3.03. The van der Waals surface area contributed by atoms with Crippen LogP contribution in [0.2, 0.25) is 10.0 Å². The van der Waals surface area contributed by atoms with Gasteiger partial charge in [0.2, 0.25) is 0 Å². The van der Waals surface area contributed by atoms with E-state index in [4.69, 9.17) is 27.9 Å². The van der Waals surface area contributed by atoms with Crippen LogP contribution in [0, 0.1) is 6.92 Å². The summed E-state index contributed by atoms with van der Waals surface area (Å²) in [6, 6.07) is 3.01. The van der Waals surface area contributed by atoms with Gasteiger partial charge in [0, 0.05) is 10.6 Å². The Kier molecular flexibility index (Phi) is 4.93. The molecular weight excluding hydrogens is 275 g/mol. The van der Waals surface area contributed by atoms with Crippen molar-refractivity contribution in [1.82, 2.24) is 0 Å². The van der Waals surface area contributed by atoms with E-state index >= 15 is 0 Å². The van der Waals surface area contributed by atoms with Gasteiger partial charge in [-0.2, -0.15) is 0 Å². The van der Waals surface area contributed by atoms with Crippen molar-refractivity contribution in [2.75, 3.05) is 0 Å². The lowest BCUT2D eigenvalue weighted by Gasteiger charge is -2.08. The summed E-state index contributed by atoms with van der Waals surface area (Å²) >= 11 is 11.7. The molecule has 0 saturated heterocycles. The zero-order chi connectivity index (χ0) is 13.9. The number of ether oxygens (including phenoxy) is 1. The third-order valence-corrected chi connectivity index (χ3v) is 2.91. The van der Waals surface area contributed by atoms with E-state index < -0.39 is 11.9 Å². The van der Waals surface area contributed by atoms with Gasteiger partial charge < -0.3 is 4.74 Å². The molecule has 1 aromatic rings. The number of benzene rings is 1. The second kappa shape index (κ2) is 6.03. The first kappa shape index (κ1) is 14.7. The highest BCUT2D eigenvalue weighted by Crippen LogP contribution is 2.25. The van der Waals surface area contributed by atoms with Gasteiger partial charge >= 0.3 is 11.9 Å². The predicted molar refractivity (Wildman–Crippen MR) is 71.1 cm³/mol. The van der Waals surface area contributed by atoms with E-state index in [9.17, 15) is 9.59 Å². The lowest BCUT2D eigenvalue weighted by Crippen LogP contribution is -2.14. The molecule has 96 valence electrons. The molecule has 0 atom stereocenters. The number of allylic oxidation sites excluding steroid dienone is 1. The molecule has 0 unspecified atom stereocenters. The number of hydrogen-bond donors (Lipinski definition) is 0. The fourth-order valence-electron chi connectivity index (χ4n) is 1.29. The Labute approximate surface area is 115 Å². The molecule has 0 amide bonds. The van der Waals surface area contributed by atoms with Gasteiger partial charge in [-0.15, -0.1) is 0 Å². The molecule has 0 spiro atoms. The minimum absolute atomic E-state index is 0.151. The summed E-state index contributed by atoms with van der Waals surface area (Å²) in [7, 11) is 0. The van der Waals surface area contributed by atoms with E-state index in [1.807, 2.05) is 0 Å². The largest absolute Gasteiger partial charge is 0.386 e. The van der Waals surface area contributed by atoms with E-state index in [0.29, 0.717) is 16.2 Å². The Morgan fingerprint density at radius 3 is 2.39 bits per heavy atom. The number of carbonyl (C=O) groups is 2. The van der Waals surface area contributed by atoms with E-state index in [0.717, 1.165) is 0 Å². The number of rotatable bonds is 2. The van der Waals surface area contributed by atoms with Gasteiger partial charge in [-0.3, -0.25) is 0 Å². The minimum atomic E-state index is -0.777. The smallest absolute Gasteiger partial charge is 0.347 e. The number of carbonyl (C=O) groups excluding carboxylic acids is 2. The van der Waals surface area contributed by atoms with Crippen LogP contribution in [0.4, 0.5) is 0 Å². The van der Waals surface area contributed by atoms with Gasteiger partial charge in [0.15, 0.2) is 0 Å². The molecule has 1 aromatic carbocycles. The molecule has 0 bridgehead atoms. The summed E-state index contributed by atoms with van der Waals surface area (Å²) in [6.45, 7) is 4.91. The predicted octanol–water partition coefficient (Wildman–Crippen LogP) is 3.95. The van der Waals surface area contributed by atoms with Gasteiger partial charge in [-0.25, -0.2) is 9.59 Å². The highest BCUT2D eigenvalue weighted by molar-refractivity contribution is 6.37. The maximum absolute atomic E-state index is 11.8. The number of hydrogen-bond acceptors (Lipinski definition) is 3. The van der Waals surface area contributed by atoms with Crippen molar-refractivity contribution in [2.45, 2.75) is 20.8 Å². The van der Waals surface area contributed by atoms with Gasteiger partial charge in [0.1, 0.15) is 0 Å². The molecule has 0 fully saturated rings. The van der Waals surface area contributed by atoms with Crippen LogP contribution in [0.5, 0.6) is 0 Å². The maximum Gasteiger partial charge on any atom is 0.347 e. The molecule has 0 saturated carbocycles. The Morgan fingerprint density at radius 1 is 1.28 bits per heavy atom. The summed E-state index contributed by atoms with van der Waals surface area (Å²) in [5, 5.41) is 0.584. The number of aryl methyl sites for hydroxylation is 1. The summed E-state index contributed by atoms with van der Waals surface area (Å²) in [4.78, 5) is 23.3. The molecule has 1 rings (SSSR count). The minimum Gasteiger partial charge on any atom is -0.386 e. The van der Waals surface area contributed by atoms with Crippen molar-refractivity contribution in [1.29, 1.82) is 0 Å². The van der Waals surface area contributed by atoms with Crippen molar-refractivity contribution >= 4 is 35.1 Å². The topological polar surface area (TPSA) is 43.4 Å². The van der Waals surface area contributed by atoms with E-state index in [-0.39, 0.29) is 10.6 Å². The molecule has 0 radical (unpaired) electrons. The zero-order valence-electron chi connectivity index (χ0n) is 10.2. The monoisotopic (exact) mass is 286 g/mol. The van der Waals surface area contributed by atoms with Crippen LogP contribution < -0.4 is 0 Å². The Morgan fingerprint density at radius 2 is 1.89 bits per heavy atom. The van der Waals surface area contributed by atoms with Gasteiger partial charge in [0.05, 0.1) is 10.6 Å². The van der Waals surface area contributed by atoms with E-state index in [2.05, 4.69) is 0 Å². The zero-order valence-corrected chi connectivity index (χ0v) is 11.7. The maximum atomic E-state index is 11.8. The molecular formula is C13H12Cl2O3. The lowest BCUT2D eigenvalue weighted by molar-refractivity contribution is -0.133. The molecule has 3 nitrogen and oxygen atoms in total. The molecule has 0 aliphatic carbocycles. The summed E-state index contributed by atoms with van der Waals surface area (Å²) < 4.78 is 4.72. The van der Waals surface area contributed by atoms with Crippen molar-refractivity contribution in [3.8, 4) is 0 Å². The van der Waals surface area contributed by atoms with Crippen LogP contribution in [0.25, 0.3) is 0 Å². The first-order valence-electron chi connectivity index (χ1n) is 5.22. The first-order valence-corrected chi connectivity index (χ1v) is 5.97. The molecule has 5 heteroatoms. The van der Waals surface area contributed by atoms with Gasteiger partial charge in [-0.05, 0) is 38.5 Å². The van der Waals surface area contributed by atoms with Crippen molar-refractivity contribution in [3.05, 3.63) is 45.0 Å². The first-order chi connectivity index (χ1) is 8.36. The van der Waals surface area contributed by atoms with Gasteiger partial charge in [0.25, 0.3) is 0 Å². The number of esters is 2. The number of halogens is 2. The summed E-state index contributed by atoms with van der Waals surface area (Å²) in [5.74, 6) is -1.46. The normalized spacial score (nSPS) is 11.3. The van der Waals surface area contributed by atoms with Crippen molar-refractivity contribution in [3.63, 3.8) is 0 Å². The van der Waals surface area contributed by atoms with Crippen molar-refractivity contribution in [2.24, 2.45) is 0 Å². The Hall–Kier alpha value is -1.32. The fraction of sp³-hybridized carbons (Fsp3) is 0.231. The highest BCUT2D eigenvalue weighted by Gasteiger charge is 2.19. The summed E-state index contributed by atoms with van der Waals surface area (Å²) in [6.07, 6.45) is 1.56. The van der Waals surface area contributed by atoms with Crippen LogP contribution >= 0.6 is 23.2 Å². The third kappa shape index (κ3) is 3.34. The highest BCUT2D eigenvalue weighted by atomic mass is 35.5. The summed E-state index contributed by atoms with van der Waals surface area (Å²) in [5.41, 5.74) is 1.06. The second-order valence-corrected chi connectivity index (χ2v) is 4.57. The average molecular weight is 287 g/mol. The molecule has 0 N–H and O–H groups in total. The molecule has 18 heavy (non-hydrogen) atoms. The standard InChI is InChI=1S/C13H12Cl2O3/c1-4-7(2)12(16)18-13(17)11-8(3)5-9(14)6-10(11)15/h4-6H,1-3H3/b7-4-. The van der Waals surface area contributed by atoms with Crippen LogP contribution in [0.3, 0.4) is 0 Å². The second-order valence-electron chi connectivity index (χ2n) is 3.73. The lowest BCUT2D eigenvalue weighted by atomic mass is 10.1. The van der Waals surface area contributed by atoms with E-state index in [1.54, 1.807) is 32.9 Å². The average Bonchev–Trinajstić information content (AvgIpc) is 2.26. The molecule has 0 aliphatic rings. The molecule has 0 heterocycles. The quantitative estimate of drug-likeness (QED) is 0.470. The third-order valence-electron chi connectivity index (χ3n) is 2.40. The Bertz CT molecular complexity index is 510. The molecule has 0 aliphatic heterocycles. The van der Waals surface area contributed by atoms with Crippen LogP contribution in [-0.4, -0.2) is 11.9 Å². The van der Waals surface area contributed by atoms with Crippen LogP contribution in [-0.2, 0) is 9.53 Å². The fourth-order valence-corrected chi connectivity index (χ4v) is 1.97.